The molecule has 0 radical (unpaired) electrons. The first-order valence-corrected chi connectivity index (χ1v) is 9.86. The monoisotopic (exact) mass is 414 g/mol. The summed E-state index contributed by atoms with van der Waals surface area (Å²) in [7, 11) is 0. The van der Waals surface area contributed by atoms with Gasteiger partial charge in [-0.25, -0.2) is 4.79 Å². The molecule has 2 aliphatic rings. The maximum Gasteiger partial charge on any atom is 0.490 e. The number of aryl methyl sites for hydroxylation is 1. The molecular formula is C21H29F3N2O3. The van der Waals surface area contributed by atoms with Gasteiger partial charge in [0.1, 0.15) is 0 Å². The van der Waals surface area contributed by atoms with Gasteiger partial charge < -0.3 is 10.0 Å². The number of amides is 1. The number of carbonyl (C=O) groups is 2. The Morgan fingerprint density at radius 3 is 2.34 bits per heavy atom. The Labute approximate surface area is 169 Å². The van der Waals surface area contributed by atoms with E-state index < -0.39 is 12.1 Å². The highest BCUT2D eigenvalue weighted by Crippen LogP contribution is 2.38. The summed E-state index contributed by atoms with van der Waals surface area (Å²) in [6.45, 7) is 10.8. The van der Waals surface area contributed by atoms with Crippen LogP contribution in [0.1, 0.15) is 49.0 Å². The van der Waals surface area contributed by atoms with E-state index in [9.17, 15) is 18.0 Å². The third kappa shape index (κ3) is 5.72. The lowest BCUT2D eigenvalue weighted by Gasteiger charge is -2.36. The fourth-order valence-corrected chi connectivity index (χ4v) is 4.20. The molecule has 3 rings (SSSR count). The van der Waals surface area contributed by atoms with Gasteiger partial charge in [-0.2, -0.15) is 13.2 Å². The summed E-state index contributed by atoms with van der Waals surface area (Å²) in [6.07, 6.45) is -1.42. The van der Waals surface area contributed by atoms with E-state index in [1.165, 1.54) is 19.4 Å². The van der Waals surface area contributed by atoms with Crippen LogP contribution in [0, 0.1) is 12.8 Å². The van der Waals surface area contributed by atoms with Crippen molar-refractivity contribution in [2.24, 2.45) is 5.92 Å². The molecule has 29 heavy (non-hydrogen) atoms. The highest BCUT2D eigenvalue weighted by Gasteiger charge is 2.47. The smallest absolute Gasteiger partial charge is 0.475 e. The van der Waals surface area contributed by atoms with E-state index >= 15 is 0 Å². The minimum atomic E-state index is -5.08. The van der Waals surface area contributed by atoms with Crippen LogP contribution in [-0.2, 0) is 4.79 Å². The molecule has 1 spiro atoms. The topological polar surface area (TPSA) is 60.9 Å². The number of hydrogen-bond acceptors (Lipinski definition) is 3. The normalized spacial score (nSPS) is 22.1. The fraction of sp³-hybridized carbons (Fsp3) is 0.619. The third-order valence-corrected chi connectivity index (χ3v) is 5.56. The summed E-state index contributed by atoms with van der Waals surface area (Å²) < 4.78 is 31.7. The number of carboxylic acid groups (broad SMARTS) is 1. The molecule has 2 aliphatic heterocycles. The van der Waals surface area contributed by atoms with Gasteiger partial charge in [0.2, 0.25) is 0 Å². The van der Waals surface area contributed by atoms with Gasteiger partial charge in [0.25, 0.3) is 5.91 Å². The molecule has 2 fully saturated rings. The van der Waals surface area contributed by atoms with Crippen molar-refractivity contribution >= 4 is 11.9 Å². The zero-order valence-electron chi connectivity index (χ0n) is 17.1. The Morgan fingerprint density at radius 2 is 1.79 bits per heavy atom. The number of carboxylic acids is 1. The second-order valence-corrected chi connectivity index (χ2v) is 8.26. The first-order chi connectivity index (χ1) is 13.5. The van der Waals surface area contributed by atoms with Gasteiger partial charge in [-0.15, -0.1) is 0 Å². The average molecular weight is 414 g/mol. The molecule has 1 atom stereocenters. The molecule has 1 unspecified atom stereocenters. The maximum atomic E-state index is 12.8. The number of nitrogens with zero attached hydrogens (tertiary/aromatic N) is 2. The van der Waals surface area contributed by atoms with E-state index in [2.05, 4.69) is 23.6 Å². The number of rotatable bonds is 3. The van der Waals surface area contributed by atoms with E-state index in [4.69, 9.17) is 9.90 Å². The number of hydrogen-bond donors (Lipinski definition) is 1. The highest BCUT2D eigenvalue weighted by atomic mass is 19.4. The van der Waals surface area contributed by atoms with Crippen LogP contribution < -0.4 is 0 Å². The van der Waals surface area contributed by atoms with Crippen molar-refractivity contribution < 1.29 is 27.9 Å². The summed E-state index contributed by atoms with van der Waals surface area (Å²) in [5, 5.41) is 7.12. The summed E-state index contributed by atoms with van der Waals surface area (Å²) >= 11 is 0. The quantitative estimate of drug-likeness (QED) is 0.813. The number of aliphatic carboxylic acids is 1. The zero-order valence-corrected chi connectivity index (χ0v) is 17.1. The van der Waals surface area contributed by atoms with Gasteiger partial charge in [0, 0.05) is 30.7 Å². The molecule has 0 bridgehead atoms. The van der Waals surface area contributed by atoms with Crippen LogP contribution in [0.5, 0.6) is 0 Å². The van der Waals surface area contributed by atoms with Crippen molar-refractivity contribution in [1.29, 1.82) is 0 Å². The summed E-state index contributed by atoms with van der Waals surface area (Å²) in [4.78, 5) is 26.5. The van der Waals surface area contributed by atoms with E-state index in [1.807, 2.05) is 31.2 Å². The molecule has 1 N–H and O–H groups in total. The van der Waals surface area contributed by atoms with Crippen molar-refractivity contribution in [2.45, 2.75) is 51.7 Å². The van der Waals surface area contributed by atoms with Crippen molar-refractivity contribution in [1.82, 2.24) is 9.80 Å². The van der Waals surface area contributed by atoms with Crippen LogP contribution in [0.15, 0.2) is 24.3 Å². The minimum absolute atomic E-state index is 0.214. The van der Waals surface area contributed by atoms with Gasteiger partial charge in [0.15, 0.2) is 0 Å². The lowest BCUT2D eigenvalue weighted by atomic mass is 9.94. The van der Waals surface area contributed by atoms with Gasteiger partial charge in [-0.05, 0) is 50.3 Å². The summed E-state index contributed by atoms with van der Waals surface area (Å²) in [5.74, 6) is -1.85. The number of benzene rings is 1. The SMILES string of the molecule is Cc1ccccc1C(=O)N1CCC2(CCCN2CC(C)C)C1.O=C(O)C(F)(F)F. The largest absolute Gasteiger partial charge is 0.490 e. The van der Waals surface area contributed by atoms with Crippen LogP contribution in [-0.4, -0.2) is 64.7 Å². The highest BCUT2D eigenvalue weighted by molar-refractivity contribution is 5.95. The van der Waals surface area contributed by atoms with Crippen molar-refractivity contribution in [2.75, 3.05) is 26.2 Å². The first-order valence-electron chi connectivity index (χ1n) is 9.86. The van der Waals surface area contributed by atoms with Crippen molar-refractivity contribution in [3.8, 4) is 0 Å². The average Bonchev–Trinajstić information content (AvgIpc) is 3.22. The Hall–Kier alpha value is -2.09. The molecule has 162 valence electrons. The lowest BCUT2D eigenvalue weighted by molar-refractivity contribution is -0.192. The van der Waals surface area contributed by atoms with Crippen LogP contribution in [0.4, 0.5) is 13.2 Å². The Balaban J connectivity index is 0.000000370. The Morgan fingerprint density at radius 1 is 1.17 bits per heavy atom. The lowest BCUT2D eigenvalue weighted by Crippen LogP contribution is -2.48. The number of carbonyl (C=O) groups excluding carboxylic acids is 1. The molecule has 1 amide bonds. The van der Waals surface area contributed by atoms with Gasteiger partial charge >= 0.3 is 12.1 Å². The molecule has 1 aromatic rings. The van der Waals surface area contributed by atoms with Crippen LogP contribution >= 0.6 is 0 Å². The minimum Gasteiger partial charge on any atom is -0.475 e. The first kappa shape index (κ1) is 23.2. The second kappa shape index (κ2) is 9.15. The van der Waals surface area contributed by atoms with Crippen LogP contribution in [0.3, 0.4) is 0 Å². The number of halogens is 3. The van der Waals surface area contributed by atoms with E-state index in [1.54, 1.807) is 0 Å². The standard InChI is InChI=1S/C19H28N2O.C2HF3O2/c1-15(2)13-21-11-6-9-19(21)10-12-20(14-19)18(22)17-8-5-4-7-16(17)3;3-2(4,5)1(6)7/h4-5,7-8,15H,6,9-14H2,1-3H3;(H,6,7). The number of likely N-dealkylation sites (tertiary alicyclic amines) is 2. The molecule has 0 aromatic heterocycles. The van der Waals surface area contributed by atoms with Crippen LogP contribution in [0.2, 0.25) is 0 Å². The van der Waals surface area contributed by atoms with E-state index in [-0.39, 0.29) is 11.4 Å². The van der Waals surface area contributed by atoms with E-state index in [0.29, 0.717) is 5.92 Å². The van der Waals surface area contributed by atoms with E-state index in [0.717, 1.165) is 37.2 Å². The fourth-order valence-electron chi connectivity index (χ4n) is 4.20. The van der Waals surface area contributed by atoms with Crippen LogP contribution in [0.25, 0.3) is 0 Å². The second-order valence-electron chi connectivity index (χ2n) is 8.26. The third-order valence-electron chi connectivity index (χ3n) is 5.56. The van der Waals surface area contributed by atoms with Gasteiger partial charge in [-0.3, -0.25) is 9.69 Å². The summed E-state index contributed by atoms with van der Waals surface area (Å²) in [6, 6.07) is 7.95. The maximum absolute atomic E-state index is 12.8. The van der Waals surface area contributed by atoms with Crippen molar-refractivity contribution in [3.63, 3.8) is 0 Å². The predicted octanol–water partition coefficient (Wildman–Crippen LogP) is 3.96. The summed E-state index contributed by atoms with van der Waals surface area (Å²) in [5.41, 5.74) is 2.20. The molecule has 0 aliphatic carbocycles. The van der Waals surface area contributed by atoms with Gasteiger partial charge in [0.05, 0.1) is 0 Å². The zero-order chi connectivity index (χ0) is 21.8. The van der Waals surface area contributed by atoms with Crippen molar-refractivity contribution in [3.05, 3.63) is 35.4 Å². The number of alkyl halides is 3. The molecule has 2 heterocycles. The molecule has 8 heteroatoms. The molecule has 1 aromatic carbocycles. The molecule has 5 nitrogen and oxygen atoms in total. The Bertz CT molecular complexity index is 736. The Kier molecular flexibility index (Phi) is 7.32. The van der Waals surface area contributed by atoms with Gasteiger partial charge in [-0.1, -0.05) is 32.0 Å². The predicted molar refractivity (Wildman–Crippen MR) is 104 cm³/mol. The molecule has 2 saturated heterocycles. The molecule has 0 saturated carbocycles. The molecular weight excluding hydrogens is 385 g/mol.